The van der Waals surface area contributed by atoms with E-state index in [1.54, 1.807) is 0 Å². The molecule has 0 aliphatic rings. The predicted octanol–water partition coefficient (Wildman–Crippen LogP) is 3.81. The van der Waals surface area contributed by atoms with Gasteiger partial charge in [-0.25, -0.2) is 0 Å². The Morgan fingerprint density at radius 3 is 2.14 bits per heavy atom. The van der Waals surface area contributed by atoms with Crippen molar-refractivity contribution in [1.82, 2.24) is 0 Å². The Hall–Kier alpha value is -0.0700. The van der Waals surface area contributed by atoms with Crippen LogP contribution in [0.15, 0.2) is 27.1 Å². The van der Waals surface area contributed by atoms with Crippen LogP contribution in [0.1, 0.15) is 11.7 Å². The van der Waals surface area contributed by atoms with Crippen molar-refractivity contribution in [2.24, 2.45) is 0 Å². The molecule has 1 N–H and O–H groups in total. The molecule has 0 radical (unpaired) electrons. The third kappa shape index (κ3) is 2.71. The van der Waals surface area contributed by atoms with E-state index >= 15 is 0 Å². The van der Waals surface area contributed by atoms with Gasteiger partial charge in [-0.1, -0.05) is 6.07 Å². The summed E-state index contributed by atoms with van der Waals surface area (Å²) in [5.74, 6) is 0. The van der Waals surface area contributed by atoms with Crippen molar-refractivity contribution in [2.75, 3.05) is 0 Å². The molecule has 0 fully saturated rings. The molecule has 1 atom stereocenters. The Kier molecular flexibility index (Phi) is 3.60. The second-order valence-electron chi connectivity index (χ2n) is 2.62. The minimum absolute atomic E-state index is 0.187. The van der Waals surface area contributed by atoms with E-state index in [0.29, 0.717) is 8.95 Å². The maximum Gasteiger partial charge on any atom is 0.418 e. The first-order valence-electron chi connectivity index (χ1n) is 3.52. The van der Waals surface area contributed by atoms with Gasteiger partial charge in [-0.3, -0.25) is 0 Å². The maximum absolute atomic E-state index is 12.1. The van der Waals surface area contributed by atoms with Gasteiger partial charge in [-0.2, -0.15) is 13.2 Å². The topological polar surface area (TPSA) is 20.2 Å². The number of hydrogen-bond acceptors (Lipinski definition) is 1. The van der Waals surface area contributed by atoms with E-state index in [4.69, 9.17) is 5.11 Å². The summed E-state index contributed by atoms with van der Waals surface area (Å²) in [5, 5.41) is 8.91. The smallest absolute Gasteiger partial charge is 0.379 e. The molecular weight excluding hydrogens is 329 g/mol. The van der Waals surface area contributed by atoms with Crippen LogP contribution >= 0.6 is 31.9 Å². The summed E-state index contributed by atoms with van der Waals surface area (Å²) in [6, 6.07) is 3.88. The third-order valence-corrected chi connectivity index (χ3v) is 3.45. The van der Waals surface area contributed by atoms with Crippen molar-refractivity contribution in [2.45, 2.75) is 12.3 Å². The zero-order valence-electron chi connectivity index (χ0n) is 6.65. The van der Waals surface area contributed by atoms with Crippen LogP contribution in [0.3, 0.4) is 0 Å². The van der Waals surface area contributed by atoms with Gasteiger partial charge in [0.05, 0.1) is 0 Å². The molecule has 0 amide bonds. The fourth-order valence-electron chi connectivity index (χ4n) is 0.871. The van der Waals surface area contributed by atoms with Crippen molar-refractivity contribution < 1.29 is 18.3 Å². The van der Waals surface area contributed by atoms with Crippen LogP contribution in [-0.4, -0.2) is 11.3 Å². The average molecular weight is 334 g/mol. The van der Waals surface area contributed by atoms with Gasteiger partial charge in [0, 0.05) is 8.95 Å². The molecule has 6 heteroatoms. The van der Waals surface area contributed by atoms with Gasteiger partial charge in [0.2, 0.25) is 0 Å². The van der Waals surface area contributed by atoms with Crippen LogP contribution in [0.5, 0.6) is 0 Å². The van der Waals surface area contributed by atoms with Crippen LogP contribution < -0.4 is 0 Å². The van der Waals surface area contributed by atoms with Crippen molar-refractivity contribution in [1.29, 1.82) is 0 Å². The van der Waals surface area contributed by atoms with Gasteiger partial charge in [-0.05, 0) is 49.6 Å². The highest BCUT2D eigenvalue weighted by molar-refractivity contribution is 9.13. The molecule has 0 aliphatic carbocycles. The number of aliphatic hydroxyl groups is 1. The Morgan fingerprint density at radius 1 is 1.14 bits per heavy atom. The van der Waals surface area contributed by atoms with Gasteiger partial charge in [0.1, 0.15) is 0 Å². The first-order valence-corrected chi connectivity index (χ1v) is 5.10. The first-order chi connectivity index (χ1) is 6.32. The summed E-state index contributed by atoms with van der Waals surface area (Å²) >= 11 is 6.17. The van der Waals surface area contributed by atoms with E-state index < -0.39 is 12.3 Å². The number of hydrogen-bond donors (Lipinski definition) is 1. The minimum Gasteiger partial charge on any atom is -0.379 e. The Balaban J connectivity index is 3.03. The molecule has 0 spiro atoms. The second kappa shape index (κ2) is 4.20. The predicted molar refractivity (Wildman–Crippen MR) is 52.9 cm³/mol. The normalized spacial score (nSPS) is 14.1. The third-order valence-electron chi connectivity index (χ3n) is 1.57. The van der Waals surface area contributed by atoms with E-state index in [9.17, 15) is 13.2 Å². The SMILES string of the molecule is O[C@@H](c1ccc(Br)c(Br)c1)C(F)(F)F. The molecule has 78 valence electrons. The summed E-state index contributed by atoms with van der Waals surface area (Å²) in [6.07, 6.45) is -7.07. The van der Waals surface area contributed by atoms with E-state index in [2.05, 4.69) is 31.9 Å². The summed E-state index contributed by atoms with van der Waals surface area (Å²) in [7, 11) is 0. The zero-order valence-corrected chi connectivity index (χ0v) is 9.82. The Bertz CT molecular complexity index is 338. The highest BCUT2D eigenvalue weighted by Crippen LogP contribution is 2.35. The highest BCUT2D eigenvalue weighted by Gasteiger charge is 2.39. The standard InChI is InChI=1S/C8H5Br2F3O/c9-5-2-1-4(3-6(5)10)7(14)8(11,12)13/h1-3,7,14H/t7-/m0/s1. The average Bonchev–Trinajstić information content (AvgIpc) is 2.07. The lowest BCUT2D eigenvalue weighted by Crippen LogP contribution is -2.20. The van der Waals surface area contributed by atoms with E-state index in [-0.39, 0.29) is 5.56 Å². The van der Waals surface area contributed by atoms with E-state index in [0.717, 1.165) is 0 Å². The molecule has 1 aromatic rings. The molecule has 0 saturated heterocycles. The summed E-state index contributed by atoms with van der Waals surface area (Å²) in [5.41, 5.74) is -0.187. The lowest BCUT2D eigenvalue weighted by Gasteiger charge is -2.15. The van der Waals surface area contributed by atoms with Gasteiger partial charge < -0.3 is 5.11 Å². The number of benzene rings is 1. The van der Waals surface area contributed by atoms with Crippen molar-refractivity contribution in [3.63, 3.8) is 0 Å². The molecule has 1 aromatic carbocycles. The van der Waals surface area contributed by atoms with E-state index in [1.807, 2.05) is 0 Å². The van der Waals surface area contributed by atoms with Crippen molar-refractivity contribution >= 4 is 31.9 Å². The first kappa shape index (κ1) is 12.0. The number of rotatable bonds is 1. The number of halogens is 5. The van der Waals surface area contributed by atoms with Crippen molar-refractivity contribution in [3.05, 3.63) is 32.7 Å². The number of aliphatic hydroxyl groups excluding tert-OH is 1. The van der Waals surface area contributed by atoms with Crippen LogP contribution in [0.25, 0.3) is 0 Å². The molecular formula is C8H5Br2F3O. The quantitative estimate of drug-likeness (QED) is 0.828. The molecule has 0 heterocycles. The molecule has 0 saturated carbocycles. The Labute approximate surface area is 95.2 Å². The highest BCUT2D eigenvalue weighted by atomic mass is 79.9. The molecule has 14 heavy (non-hydrogen) atoms. The molecule has 0 aromatic heterocycles. The fourth-order valence-corrected chi connectivity index (χ4v) is 1.51. The monoisotopic (exact) mass is 332 g/mol. The maximum atomic E-state index is 12.1. The van der Waals surface area contributed by atoms with Crippen LogP contribution in [-0.2, 0) is 0 Å². The van der Waals surface area contributed by atoms with Crippen molar-refractivity contribution in [3.8, 4) is 0 Å². The van der Waals surface area contributed by atoms with Crippen LogP contribution in [0.4, 0.5) is 13.2 Å². The lowest BCUT2D eigenvalue weighted by molar-refractivity contribution is -0.206. The molecule has 1 nitrogen and oxygen atoms in total. The van der Waals surface area contributed by atoms with Gasteiger partial charge in [-0.15, -0.1) is 0 Å². The minimum atomic E-state index is -4.63. The van der Waals surface area contributed by atoms with Crippen LogP contribution in [0.2, 0.25) is 0 Å². The van der Waals surface area contributed by atoms with Gasteiger partial charge in [0.15, 0.2) is 6.10 Å². The molecule has 0 aliphatic heterocycles. The largest absolute Gasteiger partial charge is 0.418 e. The summed E-state index contributed by atoms with van der Waals surface area (Å²) in [6.45, 7) is 0. The molecule has 1 rings (SSSR count). The zero-order chi connectivity index (χ0) is 10.9. The fraction of sp³-hybridized carbons (Fsp3) is 0.250. The van der Waals surface area contributed by atoms with Crippen LogP contribution in [0, 0.1) is 0 Å². The molecule has 0 bridgehead atoms. The van der Waals surface area contributed by atoms with Gasteiger partial charge >= 0.3 is 6.18 Å². The number of alkyl halides is 3. The van der Waals surface area contributed by atoms with E-state index in [1.165, 1.54) is 18.2 Å². The second-order valence-corrected chi connectivity index (χ2v) is 4.33. The summed E-state index contributed by atoms with van der Waals surface area (Å²) in [4.78, 5) is 0. The molecule has 0 unspecified atom stereocenters. The van der Waals surface area contributed by atoms with Gasteiger partial charge in [0.25, 0.3) is 0 Å². The Morgan fingerprint density at radius 2 is 1.71 bits per heavy atom. The summed E-state index contributed by atoms with van der Waals surface area (Å²) < 4.78 is 37.4. The lowest BCUT2D eigenvalue weighted by atomic mass is 10.1.